The van der Waals surface area contributed by atoms with Crippen LogP contribution < -0.4 is 11.1 Å². The SMILES string of the molecule is CCC(=O)CCNC(N)=O. The number of Topliss-reactive ketones (excluding diaryl/α,β-unsaturated/α-hetero) is 1. The average molecular weight is 144 g/mol. The molecule has 0 heterocycles. The number of carbonyl (C=O) groups excluding carboxylic acids is 2. The summed E-state index contributed by atoms with van der Waals surface area (Å²) in [5.41, 5.74) is 4.76. The van der Waals surface area contributed by atoms with Crippen LogP contribution in [0.25, 0.3) is 0 Å². The molecule has 0 saturated carbocycles. The molecule has 0 radical (unpaired) electrons. The summed E-state index contributed by atoms with van der Waals surface area (Å²) in [7, 11) is 0. The predicted molar refractivity (Wildman–Crippen MR) is 37.5 cm³/mol. The maximum Gasteiger partial charge on any atom is 0.312 e. The largest absolute Gasteiger partial charge is 0.352 e. The van der Waals surface area contributed by atoms with Gasteiger partial charge in [-0.2, -0.15) is 0 Å². The fourth-order valence-electron chi connectivity index (χ4n) is 0.502. The maximum absolute atomic E-state index is 10.6. The van der Waals surface area contributed by atoms with Crippen LogP contribution in [0.1, 0.15) is 19.8 Å². The molecule has 2 amide bonds. The van der Waals surface area contributed by atoms with Crippen LogP contribution in [-0.4, -0.2) is 18.4 Å². The van der Waals surface area contributed by atoms with Crippen LogP contribution in [-0.2, 0) is 4.79 Å². The Morgan fingerprint density at radius 2 is 2.10 bits per heavy atom. The minimum absolute atomic E-state index is 0.133. The number of nitrogens with one attached hydrogen (secondary N) is 1. The Bertz CT molecular complexity index is 134. The van der Waals surface area contributed by atoms with Crippen LogP contribution in [0.5, 0.6) is 0 Å². The van der Waals surface area contributed by atoms with Gasteiger partial charge in [-0.15, -0.1) is 0 Å². The number of hydrogen-bond acceptors (Lipinski definition) is 2. The Morgan fingerprint density at radius 3 is 2.50 bits per heavy atom. The molecule has 4 nitrogen and oxygen atoms in total. The van der Waals surface area contributed by atoms with Gasteiger partial charge in [0.05, 0.1) is 0 Å². The van der Waals surface area contributed by atoms with Crippen LogP contribution in [0.2, 0.25) is 0 Å². The smallest absolute Gasteiger partial charge is 0.312 e. The van der Waals surface area contributed by atoms with Crippen LogP contribution >= 0.6 is 0 Å². The van der Waals surface area contributed by atoms with E-state index in [1.807, 2.05) is 0 Å². The first-order chi connectivity index (χ1) is 4.66. The Kier molecular flexibility index (Phi) is 4.28. The third kappa shape index (κ3) is 5.08. The molecule has 0 unspecified atom stereocenters. The number of urea groups is 1. The summed E-state index contributed by atoms with van der Waals surface area (Å²) < 4.78 is 0. The van der Waals surface area contributed by atoms with Gasteiger partial charge in [-0.1, -0.05) is 6.92 Å². The van der Waals surface area contributed by atoms with Crippen molar-refractivity contribution in [1.29, 1.82) is 0 Å². The molecule has 0 aliphatic heterocycles. The number of nitrogens with two attached hydrogens (primary N) is 1. The summed E-state index contributed by atoms with van der Waals surface area (Å²) in [6.45, 7) is 2.13. The predicted octanol–water partition coefficient (Wildman–Crippen LogP) is 0.0239. The minimum atomic E-state index is -0.580. The van der Waals surface area contributed by atoms with E-state index >= 15 is 0 Å². The molecule has 0 bridgehead atoms. The molecular weight excluding hydrogens is 132 g/mol. The van der Waals surface area contributed by atoms with Crippen molar-refractivity contribution in [1.82, 2.24) is 5.32 Å². The molecule has 3 N–H and O–H groups in total. The van der Waals surface area contributed by atoms with Crippen LogP contribution in [0, 0.1) is 0 Å². The van der Waals surface area contributed by atoms with Gasteiger partial charge in [-0.05, 0) is 0 Å². The molecule has 0 saturated heterocycles. The van der Waals surface area contributed by atoms with E-state index in [4.69, 9.17) is 5.73 Å². The highest BCUT2D eigenvalue weighted by atomic mass is 16.2. The second-order valence-electron chi connectivity index (χ2n) is 1.93. The lowest BCUT2D eigenvalue weighted by atomic mass is 10.2. The first-order valence-electron chi connectivity index (χ1n) is 3.21. The van der Waals surface area contributed by atoms with E-state index in [1.165, 1.54) is 0 Å². The zero-order valence-corrected chi connectivity index (χ0v) is 6.02. The van der Waals surface area contributed by atoms with Crippen molar-refractivity contribution in [2.45, 2.75) is 19.8 Å². The lowest BCUT2D eigenvalue weighted by Gasteiger charge is -1.97. The third-order valence-corrected chi connectivity index (χ3v) is 1.10. The van der Waals surface area contributed by atoms with Crippen molar-refractivity contribution in [2.75, 3.05) is 6.54 Å². The second kappa shape index (κ2) is 4.78. The lowest BCUT2D eigenvalue weighted by molar-refractivity contribution is -0.118. The van der Waals surface area contributed by atoms with Crippen molar-refractivity contribution >= 4 is 11.8 Å². The lowest BCUT2D eigenvalue weighted by Crippen LogP contribution is -2.30. The van der Waals surface area contributed by atoms with Crippen LogP contribution in [0.15, 0.2) is 0 Å². The molecule has 0 aromatic carbocycles. The number of carbonyl (C=O) groups is 2. The van der Waals surface area contributed by atoms with E-state index in [2.05, 4.69) is 5.32 Å². The van der Waals surface area contributed by atoms with Gasteiger partial charge in [-0.3, -0.25) is 4.79 Å². The van der Waals surface area contributed by atoms with Gasteiger partial charge in [0.15, 0.2) is 0 Å². The quantitative estimate of drug-likeness (QED) is 0.584. The Hall–Kier alpha value is -1.06. The summed E-state index contributed by atoms with van der Waals surface area (Å²) in [6, 6.07) is -0.580. The number of ketones is 1. The van der Waals surface area contributed by atoms with Crippen molar-refractivity contribution in [3.05, 3.63) is 0 Å². The van der Waals surface area contributed by atoms with Gasteiger partial charge >= 0.3 is 6.03 Å². The monoisotopic (exact) mass is 144 g/mol. The molecule has 10 heavy (non-hydrogen) atoms. The Balaban J connectivity index is 3.20. The van der Waals surface area contributed by atoms with E-state index < -0.39 is 6.03 Å². The number of primary amides is 1. The summed E-state index contributed by atoms with van der Waals surface area (Å²) in [5, 5.41) is 2.33. The number of amides is 2. The zero-order chi connectivity index (χ0) is 7.98. The maximum atomic E-state index is 10.6. The molecule has 0 aromatic heterocycles. The molecule has 58 valence electrons. The zero-order valence-electron chi connectivity index (χ0n) is 6.02. The third-order valence-electron chi connectivity index (χ3n) is 1.10. The Morgan fingerprint density at radius 1 is 1.50 bits per heavy atom. The number of rotatable bonds is 4. The molecule has 0 spiro atoms. The van der Waals surface area contributed by atoms with Crippen molar-refractivity contribution in [3.63, 3.8) is 0 Å². The summed E-state index contributed by atoms with van der Waals surface area (Å²) in [5.74, 6) is 0.133. The van der Waals surface area contributed by atoms with Crippen LogP contribution in [0.4, 0.5) is 4.79 Å². The topological polar surface area (TPSA) is 72.2 Å². The van der Waals surface area contributed by atoms with Crippen molar-refractivity contribution in [2.24, 2.45) is 5.73 Å². The minimum Gasteiger partial charge on any atom is -0.352 e. The fraction of sp³-hybridized carbons (Fsp3) is 0.667. The molecule has 0 fully saturated rings. The van der Waals surface area contributed by atoms with Gasteiger partial charge in [0.2, 0.25) is 0 Å². The molecule has 0 aromatic rings. The standard InChI is InChI=1S/C6H12N2O2/c1-2-5(9)3-4-8-6(7)10/h2-4H2,1H3,(H3,7,8,10). The molecule has 0 atom stereocenters. The van der Waals surface area contributed by atoms with Gasteiger partial charge in [-0.25, -0.2) is 4.79 Å². The first kappa shape index (κ1) is 8.94. The highest BCUT2D eigenvalue weighted by molar-refractivity contribution is 5.79. The summed E-state index contributed by atoms with van der Waals surface area (Å²) >= 11 is 0. The van der Waals surface area contributed by atoms with Crippen LogP contribution in [0.3, 0.4) is 0 Å². The highest BCUT2D eigenvalue weighted by Gasteiger charge is 1.97. The average Bonchev–Trinajstić information content (AvgIpc) is 1.87. The number of hydrogen-bond donors (Lipinski definition) is 2. The Labute approximate surface area is 59.8 Å². The second-order valence-corrected chi connectivity index (χ2v) is 1.93. The molecular formula is C6H12N2O2. The molecule has 0 aliphatic rings. The molecule has 0 aliphatic carbocycles. The summed E-state index contributed by atoms with van der Waals surface area (Å²) in [4.78, 5) is 20.7. The van der Waals surface area contributed by atoms with E-state index in [0.717, 1.165) is 0 Å². The van der Waals surface area contributed by atoms with Gasteiger partial charge in [0, 0.05) is 19.4 Å². The molecule has 0 rings (SSSR count). The normalized spacial score (nSPS) is 8.90. The van der Waals surface area contributed by atoms with Crippen molar-refractivity contribution in [3.8, 4) is 0 Å². The van der Waals surface area contributed by atoms with E-state index in [0.29, 0.717) is 19.4 Å². The van der Waals surface area contributed by atoms with E-state index in [9.17, 15) is 9.59 Å². The van der Waals surface area contributed by atoms with Crippen molar-refractivity contribution < 1.29 is 9.59 Å². The first-order valence-corrected chi connectivity index (χ1v) is 3.21. The molecule has 4 heteroatoms. The van der Waals surface area contributed by atoms with E-state index in [-0.39, 0.29) is 5.78 Å². The van der Waals surface area contributed by atoms with E-state index in [1.54, 1.807) is 6.92 Å². The fourth-order valence-corrected chi connectivity index (χ4v) is 0.502. The summed E-state index contributed by atoms with van der Waals surface area (Å²) in [6.07, 6.45) is 0.889. The van der Waals surface area contributed by atoms with Gasteiger partial charge in [0.25, 0.3) is 0 Å². The van der Waals surface area contributed by atoms with Gasteiger partial charge < -0.3 is 11.1 Å². The highest BCUT2D eigenvalue weighted by Crippen LogP contribution is 1.85. The van der Waals surface area contributed by atoms with Gasteiger partial charge in [0.1, 0.15) is 5.78 Å².